The van der Waals surface area contributed by atoms with Crippen molar-refractivity contribution in [2.75, 3.05) is 65.7 Å². The number of nitrogen functional groups attached to an aromatic ring is 1. The van der Waals surface area contributed by atoms with Crippen molar-refractivity contribution < 1.29 is 72.8 Å². The molecule has 27 heteroatoms. The summed E-state index contributed by atoms with van der Waals surface area (Å²) in [5, 5.41) is 44.5. The minimum absolute atomic E-state index is 0. The quantitative estimate of drug-likeness (QED) is 0.0585. The Balaban J connectivity index is 0.000000557. The second kappa shape index (κ2) is 28.5. The van der Waals surface area contributed by atoms with Gasteiger partial charge in [0, 0.05) is 92.7 Å². The van der Waals surface area contributed by atoms with Crippen LogP contribution in [0, 0.1) is 20.2 Å². The lowest BCUT2D eigenvalue weighted by Crippen LogP contribution is -2.43. The summed E-state index contributed by atoms with van der Waals surface area (Å²) < 4.78 is 9.86. The Kier molecular flexibility index (Phi) is 24.9. The summed E-state index contributed by atoms with van der Waals surface area (Å²) in [7, 11) is 5.47. The van der Waals surface area contributed by atoms with Gasteiger partial charge in [0.05, 0.1) is 29.6 Å². The van der Waals surface area contributed by atoms with Crippen LogP contribution in [-0.4, -0.2) is 157 Å². The molecule has 2 aliphatic heterocycles. The van der Waals surface area contributed by atoms with Gasteiger partial charge < -0.3 is 30.7 Å². The summed E-state index contributed by atoms with van der Waals surface area (Å²) in [6.45, 7) is 9.97. The Bertz CT molecular complexity index is 2180. The highest BCUT2D eigenvalue weighted by Gasteiger charge is 2.42. The minimum atomic E-state index is -1.10. The van der Waals surface area contributed by atoms with E-state index in [2.05, 4.69) is 18.5 Å². The molecule has 25 nitrogen and oxygen atoms in total. The molecule has 2 heterocycles. The third-order valence-corrected chi connectivity index (χ3v) is 11.2. The zero-order valence-corrected chi connectivity index (χ0v) is 38.9. The molecular formula is C41H56N8O17S2. The second-order valence-electron chi connectivity index (χ2n) is 14.1. The average Bonchev–Trinajstić information content (AvgIpc) is 3.90. The Morgan fingerprint density at radius 3 is 1.76 bits per heavy atom. The van der Waals surface area contributed by atoms with Crippen LogP contribution in [0.4, 0.5) is 32.3 Å². The number of carbonyl (C=O) groups excluding carboxylic acids is 6. The van der Waals surface area contributed by atoms with Gasteiger partial charge >= 0.3 is 18.2 Å². The molecule has 0 saturated carbocycles. The highest BCUT2D eigenvalue weighted by Crippen LogP contribution is 2.31. The molecule has 374 valence electrons. The van der Waals surface area contributed by atoms with E-state index in [1.165, 1.54) is 83.5 Å². The number of aliphatic hydroxyl groups is 1. The number of benzene rings is 2. The lowest BCUT2D eigenvalue weighted by atomic mass is 10.1. The van der Waals surface area contributed by atoms with Gasteiger partial charge in [-0.1, -0.05) is 56.3 Å². The van der Waals surface area contributed by atoms with Gasteiger partial charge in [0.2, 0.25) is 5.91 Å². The molecule has 2 fully saturated rings. The molecule has 0 bridgehead atoms. The van der Waals surface area contributed by atoms with Gasteiger partial charge in [0.1, 0.15) is 25.3 Å². The van der Waals surface area contributed by atoms with Gasteiger partial charge in [-0.25, -0.2) is 19.4 Å². The van der Waals surface area contributed by atoms with Gasteiger partial charge in [0.25, 0.3) is 17.3 Å². The maximum atomic E-state index is 13.0. The lowest BCUT2D eigenvalue weighted by Gasteiger charge is -2.23. The van der Waals surface area contributed by atoms with E-state index in [4.69, 9.17) is 30.0 Å². The van der Waals surface area contributed by atoms with Crippen molar-refractivity contribution in [2.45, 2.75) is 62.9 Å². The molecule has 2 aliphatic rings. The molecule has 0 radical (unpaired) electrons. The van der Waals surface area contributed by atoms with Crippen LogP contribution in [0.25, 0.3) is 0 Å². The largest absolute Gasteiger partial charge is 0.480 e. The summed E-state index contributed by atoms with van der Waals surface area (Å²) in [5.41, 5.74) is 5.34. The zero-order chi connectivity index (χ0) is 50.7. The summed E-state index contributed by atoms with van der Waals surface area (Å²) in [6, 6.07) is 5.42. The molecule has 0 aromatic heterocycles. The van der Waals surface area contributed by atoms with Crippen molar-refractivity contribution in [3.63, 3.8) is 0 Å². The van der Waals surface area contributed by atoms with E-state index in [0.29, 0.717) is 5.56 Å². The molecule has 0 aliphatic carbocycles. The third kappa shape index (κ3) is 18.2. The number of non-ortho nitro benzene ring substituents is 2. The number of nitrogens with zero attached hydrogens (tertiary/aromatic N) is 6. The molecule has 1 unspecified atom stereocenters. The van der Waals surface area contributed by atoms with Crippen molar-refractivity contribution in [1.29, 1.82) is 0 Å². The minimum Gasteiger partial charge on any atom is -0.480 e. The fourth-order valence-corrected chi connectivity index (χ4v) is 8.14. The van der Waals surface area contributed by atoms with Gasteiger partial charge in [0.15, 0.2) is 16.5 Å². The van der Waals surface area contributed by atoms with Crippen LogP contribution in [0.1, 0.15) is 56.3 Å². The molecule has 4 rings (SSSR count). The first-order chi connectivity index (χ1) is 31.5. The lowest BCUT2D eigenvalue weighted by molar-refractivity contribution is -0.385. The number of thioether (sulfide) groups is 2. The van der Waals surface area contributed by atoms with E-state index in [0.717, 1.165) is 50.7 Å². The number of rotatable bonds is 16. The highest BCUT2D eigenvalue weighted by atomic mass is 32.2. The molecule has 5 N–H and O–H groups in total. The van der Waals surface area contributed by atoms with Gasteiger partial charge in [-0.05, 0) is 25.0 Å². The monoisotopic (exact) mass is 996 g/mol. The van der Waals surface area contributed by atoms with Crippen LogP contribution in [0.2, 0.25) is 0 Å². The maximum Gasteiger partial charge on any atom is 0.410 e. The molecule has 2 saturated heterocycles. The van der Waals surface area contributed by atoms with Crippen molar-refractivity contribution in [2.24, 2.45) is 0 Å². The number of aliphatic carboxylic acids is 1. The van der Waals surface area contributed by atoms with E-state index in [-0.39, 0.29) is 89.9 Å². The fraction of sp³-hybridized carbons (Fsp3) is 0.439. The van der Waals surface area contributed by atoms with E-state index < -0.39 is 63.8 Å². The number of nitro benzene ring substituents is 2. The number of hydrogen-bond donors (Lipinski definition) is 4. The second-order valence-corrected chi connectivity index (χ2v) is 17.0. The third-order valence-electron chi connectivity index (χ3n) is 9.20. The number of hydroxylamine groups is 4. The average molecular weight is 997 g/mol. The van der Waals surface area contributed by atoms with Crippen molar-refractivity contribution in [1.82, 2.24) is 19.9 Å². The number of carboxylic acid groups (broad SMARTS) is 1. The van der Waals surface area contributed by atoms with Crippen molar-refractivity contribution in [3.8, 4) is 0 Å². The first kappa shape index (κ1) is 59.4. The number of hydrogen-bond acceptors (Lipinski definition) is 20. The van der Waals surface area contributed by atoms with Crippen LogP contribution in [0.15, 0.2) is 61.7 Å². The van der Waals surface area contributed by atoms with Crippen molar-refractivity contribution >= 4 is 86.5 Å². The molecule has 4 amide bonds. The predicted octanol–water partition coefficient (Wildman–Crippen LogP) is 4.63. The Morgan fingerprint density at radius 1 is 0.838 bits per heavy atom. The zero-order valence-electron chi connectivity index (χ0n) is 37.3. The number of nitrogens with two attached hydrogens (primary N) is 1. The van der Waals surface area contributed by atoms with Crippen LogP contribution in [-0.2, 0) is 38.3 Å². The van der Waals surface area contributed by atoms with Crippen LogP contribution >= 0.6 is 23.5 Å². The fourth-order valence-electron chi connectivity index (χ4n) is 6.17. The highest BCUT2D eigenvalue weighted by molar-refractivity contribution is 8.14. The Labute approximate surface area is 399 Å². The summed E-state index contributed by atoms with van der Waals surface area (Å²) in [5.74, 6) is -2.39. The van der Waals surface area contributed by atoms with E-state index in [1.807, 2.05) is 0 Å². The van der Waals surface area contributed by atoms with Gasteiger partial charge in [-0.15, -0.1) is 0 Å². The standard InChI is InChI=1S/C20H24N4O8S.C11H15NO5S.C9H13N3O4.CH4/c1-5-6-32-20(28)23-11-16(33-12(2)25)10-17(23)18(26)21-14-7-13(19(27)22(3)31-4)8-15(9-14)24(29)30;1-3-4-17-11(16)12-6-8(18-7(2)13)5-9(12)10(14)15;1-11(16-2)9(13)6-3-7(10)5-8(4-6)12(14)15;/h5,7-9,16-17H,1,6,10-11H2,2-4H3,(H,21,26);3,8-9H,1,4-6H2,2H3,(H,14,15);3-5,9,13H,10H2,1-2H3;1H4/t16-,17-;8-,9-;;/m00../s1. The van der Waals surface area contributed by atoms with Gasteiger partial charge in [-0.2, -0.15) is 5.06 Å². The van der Waals surface area contributed by atoms with E-state index >= 15 is 0 Å². The smallest absolute Gasteiger partial charge is 0.410 e. The predicted molar refractivity (Wildman–Crippen MR) is 250 cm³/mol. The van der Waals surface area contributed by atoms with Gasteiger partial charge in [-0.3, -0.25) is 58.9 Å². The molecule has 0 spiro atoms. The maximum absolute atomic E-state index is 13.0. The molecule has 2 aromatic carbocycles. The van der Waals surface area contributed by atoms with Crippen LogP contribution in [0.5, 0.6) is 0 Å². The number of nitro groups is 2. The number of likely N-dealkylation sites (tertiary alicyclic amines) is 2. The van der Waals surface area contributed by atoms with E-state index in [9.17, 15) is 58.9 Å². The molecule has 5 atom stereocenters. The van der Waals surface area contributed by atoms with E-state index in [1.54, 1.807) is 0 Å². The topological polar surface area (TPSA) is 334 Å². The van der Waals surface area contributed by atoms with Crippen LogP contribution in [0.3, 0.4) is 0 Å². The number of anilines is 2. The normalized spacial score (nSPS) is 17.4. The molecule has 68 heavy (non-hydrogen) atoms. The summed E-state index contributed by atoms with van der Waals surface area (Å²) in [4.78, 5) is 116. The Hall–Kier alpha value is -6.65. The summed E-state index contributed by atoms with van der Waals surface area (Å²) >= 11 is 2.07. The van der Waals surface area contributed by atoms with Crippen LogP contribution < -0.4 is 11.1 Å². The SMILES string of the molecule is C.C=CCOC(=O)N1C[C@@H](SC(C)=O)C[C@H]1C(=O)Nc1cc(C(=O)N(C)OC)cc([N+](=O)[O-])c1.C=CCOC(=O)N1C[C@@H](SC(C)=O)C[C@H]1C(=O)O.CON(C)C(O)c1cc(N)cc([N+](=O)[O-])c1. The number of ether oxygens (including phenoxy) is 2. The number of carbonyl (C=O) groups is 7. The summed E-state index contributed by atoms with van der Waals surface area (Å²) in [6.07, 6.45) is 0.670. The first-order valence-corrected chi connectivity index (χ1v) is 21.3. The van der Waals surface area contributed by atoms with Crippen molar-refractivity contribution in [3.05, 3.63) is 93.1 Å². The first-order valence-electron chi connectivity index (χ1n) is 19.6. The Morgan fingerprint density at radius 2 is 1.32 bits per heavy atom. The number of nitrogens with one attached hydrogen (secondary N) is 1. The number of aliphatic hydroxyl groups excluding tert-OH is 1. The molecular weight excluding hydrogens is 941 g/mol. The molecule has 2 aromatic rings. The number of amides is 4. The number of carboxylic acids is 1.